The third-order valence-electron chi connectivity index (χ3n) is 25.7. The normalized spacial score (nSPS) is 20.3. The van der Waals surface area contributed by atoms with Crippen LogP contribution in [0.4, 0.5) is 40.2 Å². The minimum absolute atomic E-state index is 0.0364. The van der Waals surface area contributed by atoms with Gasteiger partial charge in [0.2, 0.25) is 0 Å². The van der Waals surface area contributed by atoms with E-state index in [1.165, 1.54) is 72.5 Å². The van der Waals surface area contributed by atoms with Crippen LogP contribution in [-0.2, 0) is 74.0 Å². The molecule has 6 atom stereocenters. The Morgan fingerprint density at radius 3 is 1.17 bits per heavy atom. The Bertz CT molecular complexity index is 6270. The van der Waals surface area contributed by atoms with E-state index in [0.29, 0.717) is 200 Å². The van der Waals surface area contributed by atoms with Crippen molar-refractivity contribution in [3.63, 3.8) is 0 Å². The zero-order valence-corrected chi connectivity index (χ0v) is 81.2. The first-order valence-corrected chi connectivity index (χ1v) is 48.1. The van der Waals surface area contributed by atoms with Crippen molar-refractivity contribution in [1.82, 2.24) is 60.3 Å². The zero-order valence-electron chi connectivity index (χ0n) is 77.2. The van der Waals surface area contributed by atoms with E-state index in [4.69, 9.17) is 66.6 Å². The van der Waals surface area contributed by atoms with E-state index in [1.807, 2.05) is 143 Å². The van der Waals surface area contributed by atoms with Gasteiger partial charge in [-0.05, 0) is 156 Å². The maximum atomic E-state index is 14.7. The molecule has 18 rings (SSSR count). The second-order valence-electron chi connectivity index (χ2n) is 35.3. The molecule has 9 aromatic rings. The number of methoxy groups -OCH3 is 2. The first-order valence-electron chi connectivity index (χ1n) is 44.7. The SMILES string of the molecule is CCOC(=O)C1=C(CN2CCN3C(=O)N(c4ccc(C(C)(C)OC=O)cc4)C[C@@H]3C2)NC(c2nccs2)=N[C@H]1c1ccc(F)cc1Cl.COC(=O)C1=C(CN2CCN3C(=O)N(c4ccc(C(C)(C)OC=O)cc4)C[C@@H]3C2)NC(c2nccs2)=N[C@H]1c1ccc(Cl)cc1.COC(=O)C1=C(CN2CCN3C(=O)N(c4ccc(C(C)(C)OC=O)cc4)C[C@@H]3C2)NC(c2nccs2)=N[C@H]1c1cccc(F)c1C. The van der Waals surface area contributed by atoms with Crippen LogP contribution in [0.5, 0.6) is 0 Å². The third kappa shape index (κ3) is 21.0. The molecule has 6 saturated heterocycles. The van der Waals surface area contributed by atoms with Crippen LogP contribution in [0.15, 0.2) is 217 Å². The van der Waals surface area contributed by atoms with Gasteiger partial charge in [0, 0.05) is 183 Å². The summed E-state index contributed by atoms with van der Waals surface area (Å²) in [5, 5.41) is 18.4. The molecule has 33 nitrogen and oxygen atoms in total. The first-order chi connectivity index (χ1) is 66.4. The number of carbonyl (C=O) groups is 9. The number of aromatic nitrogens is 3. The fraction of sp³-hybridized carbons (Fsp3) is 0.357. The maximum Gasteiger partial charge on any atom is 0.338 e. The van der Waals surface area contributed by atoms with Crippen molar-refractivity contribution in [2.75, 3.05) is 134 Å². The van der Waals surface area contributed by atoms with Crippen LogP contribution in [0.3, 0.4) is 0 Å². The highest BCUT2D eigenvalue weighted by molar-refractivity contribution is 7.12. The highest BCUT2D eigenvalue weighted by Gasteiger charge is 2.48. The van der Waals surface area contributed by atoms with Gasteiger partial charge in [-0.25, -0.2) is 52.5 Å². The molecular weight excluding hydrogens is 1870 g/mol. The van der Waals surface area contributed by atoms with Gasteiger partial charge < -0.3 is 59.1 Å². The highest BCUT2D eigenvalue weighted by Crippen LogP contribution is 2.43. The summed E-state index contributed by atoms with van der Waals surface area (Å²) in [6.07, 6.45) is 5.07. The van der Waals surface area contributed by atoms with E-state index in [-0.39, 0.29) is 59.2 Å². The number of ether oxygens (including phenoxy) is 6. The van der Waals surface area contributed by atoms with Crippen LogP contribution in [0.2, 0.25) is 10.0 Å². The Labute approximate surface area is 817 Å². The Hall–Kier alpha value is -13.2. The first kappa shape index (κ1) is 97.9. The van der Waals surface area contributed by atoms with E-state index in [0.717, 1.165) is 39.3 Å². The molecule has 3 N–H and O–H groups in total. The number of benzene rings is 6. The molecule has 3 aromatic heterocycles. The van der Waals surface area contributed by atoms with Crippen molar-refractivity contribution in [2.24, 2.45) is 15.0 Å². The van der Waals surface area contributed by atoms with Crippen LogP contribution in [0.25, 0.3) is 0 Å². The summed E-state index contributed by atoms with van der Waals surface area (Å²) in [6.45, 7) is 23.5. The van der Waals surface area contributed by atoms with Crippen molar-refractivity contribution in [3.8, 4) is 0 Å². The zero-order chi connectivity index (χ0) is 97.6. The van der Waals surface area contributed by atoms with Gasteiger partial charge in [0.05, 0.1) is 55.7 Å². The van der Waals surface area contributed by atoms with Crippen LogP contribution < -0.4 is 30.7 Å². The van der Waals surface area contributed by atoms with Crippen molar-refractivity contribution >= 4 is 147 Å². The summed E-state index contributed by atoms with van der Waals surface area (Å²) in [7, 11) is 2.69. The largest absolute Gasteiger partial charge is 0.466 e. The number of amides is 6. The monoisotopic (exact) mass is 1970 g/mol. The molecule has 0 aliphatic carbocycles. The Morgan fingerprint density at radius 1 is 0.464 bits per heavy atom. The number of thiazole rings is 3. The van der Waals surface area contributed by atoms with Crippen LogP contribution >= 0.6 is 57.2 Å². The van der Waals surface area contributed by atoms with Crippen molar-refractivity contribution in [1.29, 1.82) is 0 Å². The van der Waals surface area contributed by atoms with Crippen molar-refractivity contribution < 1.29 is 80.4 Å². The molecule has 9 aliphatic rings. The molecular formula is C98H102Cl2F2N18O15S3. The van der Waals surface area contributed by atoms with Crippen LogP contribution in [0, 0.1) is 18.6 Å². The number of fused-ring (bicyclic) bond motifs is 3. The summed E-state index contributed by atoms with van der Waals surface area (Å²) in [6, 6.07) is 35.9. The summed E-state index contributed by atoms with van der Waals surface area (Å²) in [4.78, 5) is 159. The van der Waals surface area contributed by atoms with Crippen LogP contribution in [-0.4, -0.2) is 254 Å². The number of piperazine rings is 3. The fourth-order valence-corrected chi connectivity index (χ4v) is 20.6. The number of amidine groups is 3. The summed E-state index contributed by atoms with van der Waals surface area (Å²) < 4.78 is 60.4. The summed E-state index contributed by atoms with van der Waals surface area (Å²) >= 11 is 16.9. The molecule has 6 fully saturated rings. The van der Waals surface area contributed by atoms with E-state index < -0.39 is 58.7 Å². The number of urea groups is 3. The van der Waals surface area contributed by atoms with Gasteiger partial charge in [0.15, 0.2) is 32.5 Å². The molecule has 0 saturated carbocycles. The van der Waals surface area contributed by atoms with Crippen molar-refractivity contribution in [2.45, 2.75) is 108 Å². The Balaban J connectivity index is 0.000000150. The average Bonchev–Trinajstić information content (AvgIpc) is 1.67. The minimum Gasteiger partial charge on any atom is -0.466 e. The lowest BCUT2D eigenvalue weighted by atomic mass is 9.92. The lowest BCUT2D eigenvalue weighted by Gasteiger charge is -2.38. The molecule has 0 unspecified atom stereocenters. The topological polar surface area (TPSA) is 350 Å². The number of nitrogens with one attached hydrogen (secondary N) is 3. The second-order valence-corrected chi connectivity index (χ2v) is 38.8. The molecule has 138 heavy (non-hydrogen) atoms. The standard InChI is InChI=1S/C33H34ClFN6O5S.C33H35FN6O5S.C32H33ClN6O5S/c1-4-45-31(43)27-26(37-29(30-36-11-14-47-30)38-28(27)24-10-7-21(35)15-25(24)34)18-39-12-13-40-23(16-39)17-41(32(40)44)22-8-5-20(6-9-22)33(2,3)46-19-42;1-20-24(6-5-7-25(20)34)28-27(31(42)44-4)26(36-29(37-28)30-35-12-15-46-30)18-38-13-14-39-23(16-38)17-40(32(39)43)22-10-8-21(9-11-22)33(2,3)45-19-41;1-32(2,44-19-40)21-6-10-23(11-7-21)39-17-24-16-37(13-14-38(24)31(39)42)18-25-26(30(41)43-3)27(20-4-8-22(33)9-5-20)36-28(35-25)29-34-12-15-45-29/h5-11,14-15,19,23,28H,4,12-13,16-18H2,1-3H3,(H,37,38);5-12,15,19,23,28H,13-14,16-18H2,1-4H3,(H,36,37);4-12,15,19,24,27H,13-14,16-18H2,1-3H3,(H,35,36)/t2*23-,28-;24-,27-/m000/s1. The number of anilines is 3. The maximum absolute atomic E-state index is 14.7. The number of aliphatic imine (C=N–C) groups is 3. The number of nitrogens with zero attached hydrogens (tertiary/aromatic N) is 15. The van der Waals surface area contributed by atoms with Gasteiger partial charge in [0.1, 0.15) is 46.6 Å². The second kappa shape index (κ2) is 42.0. The van der Waals surface area contributed by atoms with E-state index >= 15 is 0 Å². The average molecular weight is 1980 g/mol. The summed E-state index contributed by atoms with van der Waals surface area (Å²) in [5.41, 5.74) is 7.58. The lowest BCUT2D eigenvalue weighted by molar-refractivity contribution is -0.142. The number of halogens is 4. The molecule has 40 heteroatoms. The van der Waals surface area contributed by atoms with Gasteiger partial charge in [-0.3, -0.25) is 58.8 Å². The third-order valence-corrected chi connectivity index (χ3v) is 28.7. The highest BCUT2D eigenvalue weighted by atomic mass is 35.5. The van der Waals surface area contributed by atoms with E-state index in [9.17, 15) is 51.9 Å². The number of hydrogen-bond donors (Lipinski definition) is 3. The van der Waals surface area contributed by atoms with Gasteiger partial charge in [0.25, 0.3) is 19.4 Å². The number of hydrogen-bond acceptors (Lipinski definition) is 30. The molecule has 9 aliphatic heterocycles. The number of esters is 3. The molecule has 12 heterocycles. The number of carbonyl (C=O) groups excluding carboxylic acids is 9. The molecule has 0 bridgehead atoms. The molecule has 0 radical (unpaired) electrons. The number of rotatable bonds is 28. The fourth-order valence-electron chi connectivity index (χ4n) is 18.4. The van der Waals surface area contributed by atoms with Gasteiger partial charge in [-0.15, -0.1) is 34.0 Å². The summed E-state index contributed by atoms with van der Waals surface area (Å²) in [5.74, 6) is -0.895. The van der Waals surface area contributed by atoms with E-state index in [2.05, 4.69) is 45.6 Å². The van der Waals surface area contributed by atoms with Gasteiger partial charge in [-0.2, -0.15) is 0 Å². The Morgan fingerprint density at radius 2 is 0.826 bits per heavy atom. The Kier molecular flexibility index (Phi) is 29.8. The predicted octanol–water partition coefficient (Wildman–Crippen LogP) is 13.4. The van der Waals surface area contributed by atoms with Crippen LogP contribution in [0.1, 0.15) is 121 Å². The van der Waals surface area contributed by atoms with Gasteiger partial charge >= 0.3 is 36.0 Å². The lowest BCUT2D eigenvalue weighted by Crippen LogP contribution is -2.53. The molecule has 6 aromatic carbocycles. The minimum atomic E-state index is -0.855. The van der Waals surface area contributed by atoms with Crippen molar-refractivity contribution in [3.05, 3.63) is 278 Å². The van der Waals surface area contributed by atoms with Gasteiger partial charge in [-0.1, -0.05) is 89.9 Å². The predicted molar refractivity (Wildman–Crippen MR) is 518 cm³/mol. The molecule has 6 amide bonds. The van der Waals surface area contributed by atoms with E-state index in [1.54, 1.807) is 85.3 Å². The molecule has 0 spiro atoms. The smallest absolute Gasteiger partial charge is 0.338 e. The quantitative estimate of drug-likeness (QED) is 0.0233. The molecule has 720 valence electrons.